The van der Waals surface area contributed by atoms with Gasteiger partial charge in [-0.15, -0.1) is 0 Å². The van der Waals surface area contributed by atoms with E-state index in [-0.39, 0.29) is 5.92 Å². The van der Waals surface area contributed by atoms with E-state index in [1.807, 2.05) is 24.3 Å². The molecule has 3 nitrogen and oxygen atoms in total. The summed E-state index contributed by atoms with van der Waals surface area (Å²) in [6.45, 7) is 1.34. The zero-order valence-corrected chi connectivity index (χ0v) is 13.1. The molecule has 2 fully saturated rings. The van der Waals surface area contributed by atoms with Gasteiger partial charge in [0.25, 0.3) is 0 Å². The lowest BCUT2D eigenvalue weighted by atomic mass is 9.94. The first-order chi connectivity index (χ1) is 10.2. The van der Waals surface area contributed by atoms with Gasteiger partial charge in [0.1, 0.15) is 0 Å². The number of carbonyl (C=O) groups excluding carboxylic acids is 1. The van der Waals surface area contributed by atoms with Crippen LogP contribution in [0.1, 0.15) is 37.7 Å². The summed E-state index contributed by atoms with van der Waals surface area (Å²) in [7, 11) is 0. The summed E-state index contributed by atoms with van der Waals surface area (Å²) in [6, 6.07) is 8.25. The van der Waals surface area contributed by atoms with E-state index in [9.17, 15) is 4.79 Å². The number of amides is 1. The van der Waals surface area contributed by atoms with Gasteiger partial charge >= 0.3 is 0 Å². The van der Waals surface area contributed by atoms with Gasteiger partial charge in [-0.1, -0.05) is 30.2 Å². The Kier molecular flexibility index (Phi) is 4.51. The van der Waals surface area contributed by atoms with Crippen molar-refractivity contribution in [3.05, 3.63) is 34.9 Å². The van der Waals surface area contributed by atoms with E-state index in [1.54, 1.807) is 0 Å². The first-order valence-corrected chi connectivity index (χ1v) is 8.32. The van der Waals surface area contributed by atoms with Gasteiger partial charge in [-0.05, 0) is 55.8 Å². The highest BCUT2D eigenvalue weighted by molar-refractivity contribution is 6.30. The van der Waals surface area contributed by atoms with Crippen LogP contribution in [0.25, 0.3) is 0 Å². The molecule has 0 saturated heterocycles. The molecular weight excluding hydrogens is 284 g/mol. The van der Waals surface area contributed by atoms with Gasteiger partial charge in [-0.25, -0.2) is 0 Å². The van der Waals surface area contributed by atoms with E-state index in [0.717, 1.165) is 42.7 Å². The molecule has 21 heavy (non-hydrogen) atoms. The fraction of sp³-hybridized carbons (Fsp3) is 0.588. The van der Waals surface area contributed by atoms with Gasteiger partial charge in [0.2, 0.25) is 5.91 Å². The number of carbonyl (C=O) groups is 1. The van der Waals surface area contributed by atoms with Crippen molar-refractivity contribution < 1.29 is 4.79 Å². The summed E-state index contributed by atoms with van der Waals surface area (Å²) >= 11 is 5.93. The predicted molar refractivity (Wildman–Crippen MR) is 84.9 cm³/mol. The van der Waals surface area contributed by atoms with Crippen LogP contribution in [0.3, 0.4) is 0 Å². The van der Waals surface area contributed by atoms with Crippen molar-refractivity contribution in [1.29, 1.82) is 0 Å². The monoisotopic (exact) mass is 306 g/mol. The Bertz CT molecular complexity index is 498. The SMILES string of the molecule is NCC1CCCC1C(=O)N(Cc1ccc(Cl)cc1)C1CC1. The fourth-order valence-corrected chi connectivity index (χ4v) is 3.54. The molecule has 2 aliphatic carbocycles. The van der Waals surface area contributed by atoms with Gasteiger partial charge in [-0.3, -0.25) is 4.79 Å². The smallest absolute Gasteiger partial charge is 0.226 e. The number of hydrogen-bond acceptors (Lipinski definition) is 2. The predicted octanol–water partition coefficient (Wildman–Crippen LogP) is 3.21. The molecule has 0 heterocycles. The Balaban J connectivity index is 1.72. The van der Waals surface area contributed by atoms with Crippen molar-refractivity contribution in [3.8, 4) is 0 Å². The maximum Gasteiger partial charge on any atom is 0.226 e. The van der Waals surface area contributed by atoms with E-state index >= 15 is 0 Å². The number of rotatable bonds is 5. The molecule has 4 heteroatoms. The summed E-state index contributed by atoms with van der Waals surface area (Å²) < 4.78 is 0. The third kappa shape index (κ3) is 3.41. The Morgan fingerprint density at radius 3 is 2.52 bits per heavy atom. The van der Waals surface area contributed by atoms with Crippen molar-refractivity contribution in [2.75, 3.05) is 6.54 Å². The van der Waals surface area contributed by atoms with Gasteiger partial charge in [0.05, 0.1) is 0 Å². The third-order valence-electron chi connectivity index (χ3n) is 4.82. The molecule has 0 radical (unpaired) electrons. The molecule has 1 aromatic rings. The average molecular weight is 307 g/mol. The van der Waals surface area contributed by atoms with E-state index < -0.39 is 0 Å². The fourth-order valence-electron chi connectivity index (χ4n) is 3.42. The van der Waals surface area contributed by atoms with Gasteiger partial charge < -0.3 is 10.6 Å². The lowest BCUT2D eigenvalue weighted by Gasteiger charge is -2.28. The molecule has 1 aromatic carbocycles. The highest BCUT2D eigenvalue weighted by Gasteiger charge is 2.40. The summed E-state index contributed by atoms with van der Waals surface area (Å²) in [5.74, 6) is 0.840. The second-order valence-corrected chi connectivity index (χ2v) is 6.79. The summed E-state index contributed by atoms with van der Waals surface area (Å²) in [5.41, 5.74) is 6.99. The molecule has 114 valence electrons. The molecule has 2 atom stereocenters. The number of halogens is 1. The van der Waals surface area contributed by atoms with Crippen LogP contribution >= 0.6 is 11.6 Å². The Morgan fingerprint density at radius 2 is 1.90 bits per heavy atom. The van der Waals surface area contributed by atoms with Crippen LogP contribution in [-0.4, -0.2) is 23.4 Å². The normalized spacial score (nSPS) is 25.0. The standard InChI is InChI=1S/C17H23ClN2O/c18-14-6-4-12(5-7-14)11-20(15-8-9-15)17(21)16-3-1-2-13(16)10-19/h4-7,13,15-16H,1-3,8-11,19H2. The average Bonchev–Trinajstić information content (AvgIpc) is 3.22. The lowest BCUT2D eigenvalue weighted by molar-refractivity contribution is -0.137. The van der Waals surface area contributed by atoms with Crippen LogP contribution in [-0.2, 0) is 11.3 Å². The molecule has 3 rings (SSSR count). The first kappa shape index (κ1) is 14.9. The lowest BCUT2D eigenvalue weighted by Crippen LogP contribution is -2.40. The topological polar surface area (TPSA) is 46.3 Å². The van der Waals surface area contributed by atoms with E-state index in [0.29, 0.717) is 31.0 Å². The highest BCUT2D eigenvalue weighted by Crippen LogP contribution is 2.36. The molecule has 0 aliphatic heterocycles. The third-order valence-corrected chi connectivity index (χ3v) is 5.07. The van der Waals surface area contributed by atoms with Crippen LogP contribution in [0.4, 0.5) is 0 Å². The first-order valence-electron chi connectivity index (χ1n) is 7.94. The van der Waals surface area contributed by atoms with E-state index in [1.165, 1.54) is 0 Å². The van der Waals surface area contributed by atoms with Crippen LogP contribution in [0, 0.1) is 11.8 Å². The Labute approximate surface area is 131 Å². The van der Waals surface area contributed by atoms with Crippen LogP contribution in [0.5, 0.6) is 0 Å². The van der Waals surface area contributed by atoms with Crippen molar-refractivity contribution in [2.45, 2.75) is 44.7 Å². The maximum atomic E-state index is 12.9. The minimum atomic E-state index is 0.142. The Hall–Kier alpha value is -1.06. The summed E-state index contributed by atoms with van der Waals surface area (Å²) in [6.07, 6.45) is 5.52. The van der Waals surface area contributed by atoms with Crippen LogP contribution in [0.2, 0.25) is 5.02 Å². The maximum absolute atomic E-state index is 12.9. The second kappa shape index (κ2) is 6.37. The minimum Gasteiger partial charge on any atom is -0.335 e. The van der Waals surface area contributed by atoms with Crippen molar-refractivity contribution in [2.24, 2.45) is 17.6 Å². The molecule has 0 spiro atoms. The molecular formula is C17H23ClN2O. The molecule has 2 unspecified atom stereocenters. The number of hydrogen-bond donors (Lipinski definition) is 1. The number of nitrogens with zero attached hydrogens (tertiary/aromatic N) is 1. The van der Waals surface area contributed by atoms with Crippen molar-refractivity contribution in [3.63, 3.8) is 0 Å². The zero-order valence-electron chi connectivity index (χ0n) is 12.3. The van der Waals surface area contributed by atoms with Crippen molar-refractivity contribution >= 4 is 17.5 Å². The number of benzene rings is 1. The van der Waals surface area contributed by atoms with Crippen LogP contribution in [0.15, 0.2) is 24.3 Å². The van der Waals surface area contributed by atoms with Gasteiger partial charge in [0, 0.05) is 23.5 Å². The van der Waals surface area contributed by atoms with Gasteiger partial charge in [-0.2, -0.15) is 0 Å². The number of nitrogens with two attached hydrogens (primary N) is 1. The summed E-state index contributed by atoms with van der Waals surface area (Å²) in [5, 5.41) is 0.738. The van der Waals surface area contributed by atoms with Crippen LogP contribution < -0.4 is 5.73 Å². The van der Waals surface area contributed by atoms with Gasteiger partial charge in [0.15, 0.2) is 0 Å². The van der Waals surface area contributed by atoms with Crippen molar-refractivity contribution in [1.82, 2.24) is 4.90 Å². The summed E-state index contributed by atoms with van der Waals surface area (Å²) in [4.78, 5) is 15.0. The molecule has 0 bridgehead atoms. The molecule has 2 N–H and O–H groups in total. The molecule has 0 aromatic heterocycles. The molecule has 2 saturated carbocycles. The second-order valence-electron chi connectivity index (χ2n) is 6.36. The largest absolute Gasteiger partial charge is 0.335 e. The molecule has 1 amide bonds. The van der Waals surface area contributed by atoms with E-state index in [2.05, 4.69) is 4.90 Å². The quantitative estimate of drug-likeness (QED) is 0.908. The van der Waals surface area contributed by atoms with E-state index in [4.69, 9.17) is 17.3 Å². The highest BCUT2D eigenvalue weighted by atomic mass is 35.5. The molecule has 2 aliphatic rings. The minimum absolute atomic E-state index is 0.142. The zero-order chi connectivity index (χ0) is 14.8. The Morgan fingerprint density at radius 1 is 1.19 bits per heavy atom.